The van der Waals surface area contributed by atoms with Gasteiger partial charge in [0.1, 0.15) is 0 Å². The SMILES string of the molecule is Cc1ncc(C(=O)O)cc1NC(=O)CC1CSCCS1. The number of rotatable bonds is 4. The van der Waals surface area contributed by atoms with Crippen LogP contribution in [-0.4, -0.2) is 44.5 Å². The van der Waals surface area contributed by atoms with E-state index < -0.39 is 5.97 Å². The number of nitrogens with one attached hydrogen (secondary N) is 1. The zero-order chi connectivity index (χ0) is 14.5. The van der Waals surface area contributed by atoms with Crippen molar-refractivity contribution in [2.24, 2.45) is 0 Å². The second kappa shape index (κ2) is 6.99. The van der Waals surface area contributed by atoms with Crippen molar-refractivity contribution in [3.63, 3.8) is 0 Å². The monoisotopic (exact) mass is 312 g/mol. The Hall–Kier alpha value is -1.21. The number of pyridine rings is 1. The predicted octanol–water partition coefficient (Wildman–Crippen LogP) is 2.27. The van der Waals surface area contributed by atoms with Crippen LogP contribution in [0.1, 0.15) is 22.5 Å². The number of nitrogens with zero attached hydrogens (tertiary/aromatic N) is 1. The van der Waals surface area contributed by atoms with Crippen molar-refractivity contribution < 1.29 is 14.7 Å². The molecule has 0 bridgehead atoms. The van der Waals surface area contributed by atoms with Gasteiger partial charge in [0.2, 0.25) is 5.91 Å². The van der Waals surface area contributed by atoms with Gasteiger partial charge < -0.3 is 10.4 Å². The molecule has 2 rings (SSSR count). The molecule has 0 spiro atoms. The number of carboxylic acid groups (broad SMARTS) is 1. The third kappa shape index (κ3) is 4.14. The first kappa shape index (κ1) is 15.2. The largest absolute Gasteiger partial charge is 0.478 e. The lowest BCUT2D eigenvalue weighted by Crippen LogP contribution is -2.23. The lowest BCUT2D eigenvalue weighted by Gasteiger charge is -2.20. The molecule has 0 radical (unpaired) electrons. The van der Waals surface area contributed by atoms with E-state index in [-0.39, 0.29) is 11.5 Å². The van der Waals surface area contributed by atoms with Gasteiger partial charge in [0.25, 0.3) is 0 Å². The fourth-order valence-corrected chi connectivity index (χ4v) is 4.52. The van der Waals surface area contributed by atoms with Crippen LogP contribution in [0.25, 0.3) is 0 Å². The molecule has 1 amide bonds. The summed E-state index contributed by atoms with van der Waals surface area (Å²) >= 11 is 3.69. The fraction of sp³-hybridized carbons (Fsp3) is 0.462. The first-order valence-electron chi connectivity index (χ1n) is 6.25. The summed E-state index contributed by atoms with van der Waals surface area (Å²) in [6.45, 7) is 1.74. The zero-order valence-electron chi connectivity index (χ0n) is 11.1. The molecular formula is C13H16N2O3S2. The average Bonchev–Trinajstić information content (AvgIpc) is 2.42. The highest BCUT2D eigenvalue weighted by Gasteiger charge is 2.18. The molecule has 0 saturated carbocycles. The number of amides is 1. The number of carbonyl (C=O) groups is 2. The Morgan fingerprint density at radius 2 is 2.30 bits per heavy atom. The van der Waals surface area contributed by atoms with E-state index >= 15 is 0 Å². The van der Waals surface area contributed by atoms with Crippen molar-refractivity contribution >= 4 is 41.1 Å². The lowest BCUT2D eigenvalue weighted by atomic mass is 10.2. The lowest BCUT2D eigenvalue weighted by molar-refractivity contribution is -0.116. The first-order valence-corrected chi connectivity index (χ1v) is 8.45. The van der Waals surface area contributed by atoms with Crippen LogP contribution >= 0.6 is 23.5 Å². The first-order chi connectivity index (χ1) is 9.56. The molecule has 1 unspecified atom stereocenters. The molecule has 1 aromatic rings. The number of hydrogen-bond acceptors (Lipinski definition) is 5. The van der Waals surface area contributed by atoms with E-state index in [1.54, 1.807) is 6.92 Å². The summed E-state index contributed by atoms with van der Waals surface area (Å²) in [5.74, 6) is 2.08. The van der Waals surface area contributed by atoms with Crippen molar-refractivity contribution in [2.45, 2.75) is 18.6 Å². The van der Waals surface area contributed by atoms with Gasteiger partial charge in [-0.25, -0.2) is 4.79 Å². The van der Waals surface area contributed by atoms with Crippen LogP contribution in [0.4, 0.5) is 5.69 Å². The third-order valence-electron chi connectivity index (χ3n) is 2.91. The number of aromatic nitrogens is 1. The van der Waals surface area contributed by atoms with Crippen LogP contribution in [-0.2, 0) is 4.79 Å². The van der Waals surface area contributed by atoms with E-state index in [0.29, 0.717) is 23.1 Å². The van der Waals surface area contributed by atoms with Crippen LogP contribution in [0.2, 0.25) is 0 Å². The number of carbonyl (C=O) groups excluding carboxylic acids is 1. The van der Waals surface area contributed by atoms with Crippen molar-refractivity contribution in [1.29, 1.82) is 0 Å². The number of anilines is 1. The van der Waals surface area contributed by atoms with Gasteiger partial charge in [-0.3, -0.25) is 9.78 Å². The number of aryl methyl sites for hydroxylation is 1. The normalized spacial score (nSPS) is 18.6. The van der Waals surface area contributed by atoms with Crippen LogP contribution in [0.3, 0.4) is 0 Å². The molecule has 2 heterocycles. The maximum Gasteiger partial charge on any atom is 0.337 e. The Morgan fingerprint density at radius 3 is 2.95 bits per heavy atom. The Bertz CT molecular complexity index is 516. The van der Waals surface area contributed by atoms with Gasteiger partial charge in [-0.2, -0.15) is 23.5 Å². The van der Waals surface area contributed by atoms with Crippen molar-refractivity contribution in [3.8, 4) is 0 Å². The third-order valence-corrected chi connectivity index (χ3v) is 5.75. The second-order valence-electron chi connectivity index (χ2n) is 4.48. The highest BCUT2D eigenvalue weighted by Crippen LogP contribution is 2.26. The van der Waals surface area contributed by atoms with Gasteiger partial charge in [0.15, 0.2) is 0 Å². The van der Waals surface area contributed by atoms with Crippen LogP contribution < -0.4 is 5.32 Å². The van der Waals surface area contributed by atoms with Crippen molar-refractivity contribution in [3.05, 3.63) is 23.5 Å². The Balaban J connectivity index is 1.99. The Kier molecular flexibility index (Phi) is 5.31. The molecule has 1 fully saturated rings. The molecule has 1 atom stereocenters. The molecule has 1 saturated heterocycles. The van der Waals surface area contributed by atoms with Gasteiger partial charge in [-0.15, -0.1) is 0 Å². The zero-order valence-corrected chi connectivity index (χ0v) is 12.7. The summed E-state index contributed by atoms with van der Waals surface area (Å²) in [4.78, 5) is 26.9. The van der Waals surface area contributed by atoms with Crippen LogP contribution in [0.5, 0.6) is 0 Å². The molecule has 20 heavy (non-hydrogen) atoms. The number of carboxylic acids is 1. The molecule has 108 valence electrons. The summed E-state index contributed by atoms with van der Waals surface area (Å²) in [6, 6.07) is 1.45. The molecule has 1 aliphatic rings. The van der Waals surface area contributed by atoms with E-state index in [0.717, 1.165) is 17.3 Å². The molecular weight excluding hydrogens is 296 g/mol. The minimum Gasteiger partial charge on any atom is -0.478 e. The molecule has 2 N–H and O–H groups in total. The minimum atomic E-state index is -1.05. The van der Waals surface area contributed by atoms with E-state index in [2.05, 4.69) is 10.3 Å². The molecule has 0 aromatic carbocycles. The van der Waals surface area contributed by atoms with Gasteiger partial charge in [-0.05, 0) is 13.0 Å². The summed E-state index contributed by atoms with van der Waals surface area (Å²) in [5.41, 5.74) is 1.17. The summed E-state index contributed by atoms with van der Waals surface area (Å²) in [5, 5.41) is 12.0. The van der Waals surface area contributed by atoms with E-state index in [9.17, 15) is 9.59 Å². The molecule has 0 aliphatic carbocycles. The number of thioether (sulfide) groups is 2. The summed E-state index contributed by atoms with van der Waals surface area (Å²) < 4.78 is 0. The van der Waals surface area contributed by atoms with Gasteiger partial charge in [0.05, 0.1) is 16.9 Å². The molecule has 1 aliphatic heterocycles. The predicted molar refractivity (Wildman–Crippen MR) is 82.8 cm³/mol. The Morgan fingerprint density at radius 1 is 1.50 bits per heavy atom. The Labute approximate surface area is 125 Å². The maximum atomic E-state index is 12.0. The standard InChI is InChI=1S/C13H16N2O3S2/c1-8-11(4-9(6-14-8)13(17)18)15-12(16)5-10-7-19-2-3-20-10/h4,6,10H,2-3,5,7H2,1H3,(H,15,16)(H,17,18). The van der Waals surface area contributed by atoms with Crippen LogP contribution in [0.15, 0.2) is 12.3 Å². The van der Waals surface area contributed by atoms with Gasteiger partial charge >= 0.3 is 5.97 Å². The smallest absolute Gasteiger partial charge is 0.337 e. The van der Waals surface area contributed by atoms with E-state index in [1.807, 2.05) is 23.5 Å². The number of hydrogen-bond donors (Lipinski definition) is 2. The van der Waals surface area contributed by atoms with Crippen molar-refractivity contribution in [1.82, 2.24) is 4.98 Å². The fourth-order valence-electron chi connectivity index (χ4n) is 1.84. The number of aromatic carboxylic acids is 1. The van der Waals surface area contributed by atoms with E-state index in [1.165, 1.54) is 12.3 Å². The second-order valence-corrected chi connectivity index (χ2v) is 7.04. The quantitative estimate of drug-likeness (QED) is 0.888. The maximum absolute atomic E-state index is 12.0. The molecule has 7 heteroatoms. The summed E-state index contributed by atoms with van der Waals surface area (Å²) in [7, 11) is 0. The molecule has 1 aromatic heterocycles. The van der Waals surface area contributed by atoms with Crippen molar-refractivity contribution in [2.75, 3.05) is 22.6 Å². The highest BCUT2D eigenvalue weighted by molar-refractivity contribution is 8.06. The minimum absolute atomic E-state index is 0.0773. The average molecular weight is 312 g/mol. The summed E-state index contributed by atoms with van der Waals surface area (Å²) in [6.07, 6.45) is 1.75. The van der Waals surface area contributed by atoms with Gasteiger partial charge in [-0.1, -0.05) is 0 Å². The van der Waals surface area contributed by atoms with Crippen LogP contribution in [0, 0.1) is 6.92 Å². The van der Waals surface area contributed by atoms with Gasteiger partial charge in [0, 0.05) is 35.1 Å². The topological polar surface area (TPSA) is 79.3 Å². The van der Waals surface area contributed by atoms with E-state index in [4.69, 9.17) is 5.11 Å². The highest BCUT2D eigenvalue weighted by atomic mass is 32.2. The molecule has 5 nitrogen and oxygen atoms in total.